The van der Waals surface area contributed by atoms with Crippen LogP contribution in [0, 0.1) is 0 Å². The van der Waals surface area contributed by atoms with Gasteiger partial charge < -0.3 is 15.0 Å². The third-order valence-electron chi connectivity index (χ3n) is 2.58. The van der Waals surface area contributed by atoms with Crippen molar-refractivity contribution in [3.8, 4) is 5.75 Å². The predicted molar refractivity (Wildman–Crippen MR) is 65.5 cm³/mol. The van der Waals surface area contributed by atoms with Crippen LogP contribution in [-0.4, -0.2) is 9.67 Å². The van der Waals surface area contributed by atoms with Crippen molar-refractivity contribution in [3.63, 3.8) is 0 Å². The van der Waals surface area contributed by atoms with Gasteiger partial charge >= 0.3 is 0 Å². The Kier molecular flexibility index (Phi) is 3.15. The molecule has 0 aliphatic rings. The van der Waals surface area contributed by atoms with Crippen molar-refractivity contribution in [2.75, 3.05) is 5.32 Å². The van der Waals surface area contributed by atoms with Crippen molar-refractivity contribution in [3.05, 3.63) is 48.3 Å². The molecule has 0 fully saturated rings. The molecule has 2 N–H and O–H groups in total. The molecule has 2 rings (SSSR count). The number of nitrogens with zero attached hydrogens (tertiary/aromatic N) is 1. The van der Waals surface area contributed by atoms with Crippen molar-refractivity contribution >= 4 is 5.69 Å². The van der Waals surface area contributed by atoms with Crippen LogP contribution in [0.1, 0.15) is 12.6 Å². The molecule has 0 saturated heterocycles. The second-order valence-electron chi connectivity index (χ2n) is 3.69. The maximum absolute atomic E-state index is 9.33. The molecule has 0 aliphatic carbocycles. The molecule has 1 heterocycles. The van der Waals surface area contributed by atoms with Gasteiger partial charge in [0.05, 0.1) is 6.54 Å². The summed E-state index contributed by atoms with van der Waals surface area (Å²) in [6, 6.07) is 11.3. The van der Waals surface area contributed by atoms with Gasteiger partial charge in [-0.05, 0) is 31.2 Å². The molecule has 0 aliphatic heterocycles. The predicted octanol–water partition coefficient (Wildman–Crippen LogP) is 2.83. The second-order valence-corrected chi connectivity index (χ2v) is 3.69. The van der Waals surface area contributed by atoms with Gasteiger partial charge in [-0.2, -0.15) is 0 Å². The van der Waals surface area contributed by atoms with Crippen LogP contribution < -0.4 is 5.32 Å². The largest absolute Gasteiger partial charge is 0.508 e. The van der Waals surface area contributed by atoms with Gasteiger partial charge in [-0.3, -0.25) is 0 Å². The zero-order valence-corrected chi connectivity index (χ0v) is 9.35. The van der Waals surface area contributed by atoms with Gasteiger partial charge in [-0.1, -0.05) is 6.07 Å². The topological polar surface area (TPSA) is 37.2 Å². The minimum absolute atomic E-state index is 0.288. The first-order chi connectivity index (χ1) is 7.79. The molecule has 0 bridgehead atoms. The molecule has 0 saturated carbocycles. The fourth-order valence-electron chi connectivity index (χ4n) is 1.73. The summed E-state index contributed by atoms with van der Waals surface area (Å²) in [5, 5.41) is 12.6. The number of benzene rings is 1. The van der Waals surface area contributed by atoms with E-state index < -0.39 is 0 Å². The number of nitrogens with one attached hydrogen (secondary N) is 1. The molecule has 3 nitrogen and oxygen atoms in total. The molecule has 0 spiro atoms. The highest BCUT2D eigenvalue weighted by atomic mass is 16.3. The van der Waals surface area contributed by atoms with Gasteiger partial charge in [0.15, 0.2) is 0 Å². The van der Waals surface area contributed by atoms with E-state index in [1.165, 1.54) is 5.69 Å². The lowest BCUT2D eigenvalue weighted by Gasteiger charge is -2.09. The molecular weight excluding hydrogens is 200 g/mol. The van der Waals surface area contributed by atoms with E-state index in [1.54, 1.807) is 12.1 Å². The number of aryl methyl sites for hydroxylation is 1. The zero-order chi connectivity index (χ0) is 11.4. The van der Waals surface area contributed by atoms with Crippen LogP contribution in [0.2, 0.25) is 0 Å². The van der Waals surface area contributed by atoms with Crippen LogP contribution in [0.25, 0.3) is 0 Å². The Bertz CT molecular complexity index is 462. The Labute approximate surface area is 95.3 Å². The highest BCUT2D eigenvalue weighted by Gasteiger charge is 1.99. The van der Waals surface area contributed by atoms with Crippen LogP contribution in [0.4, 0.5) is 5.69 Å². The lowest BCUT2D eigenvalue weighted by Crippen LogP contribution is -2.05. The number of anilines is 1. The van der Waals surface area contributed by atoms with E-state index in [0.29, 0.717) is 0 Å². The SMILES string of the molecule is CCn1cccc1CNc1cccc(O)c1. The number of hydrogen-bond donors (Lipinski definition) is 2. The standard InChI is InChI=1S/C13H16N2O/c1-2-15-8-4-6-12(15)10-14-11-5-3-7-13(16)9-11/h3-9,14,16H,2,10H2,1H3. The van der Waals surface area contributed by atoms with Crippen LogP contribution in [0.3, 0.4) is 0 Å². The Morgan fingerprint density at radius 3 is 2.88 bits per heavy atom. The second kappa shape index (κ2) is 4.75. The van der Waals surface area contributed by atoms with Crippen LogP contribution >= 0.6 is 0 Å². The summed E-state index contributed by atoms with van der Waals surface area (Å²) >= 11 is 0. The summed E-state index contributed by atoms with van der Waals surface area (Å²) in [6.07, 6.45) is 2.07. The Morgan fingerprint density at radius 1 is 1.25 bits per heavy atom. The number of aromatic hydroxyl groups is 1. The quantitative estimate of drug-likeness (QED) is 0.824. The molecule has 0 amide bonds. The summed E-state index contributed by atoms with van der Waals surface area (Å²) < 4.78 is 2.19. The van der Waals surface area contributed by atoms with Crippen LogP contribution in [-0.2, 0) is 13.1 Å². The van der Waals surface area contributed by atoms with E-state index in [4.69, 9.17) is 0 Å². The molecule has 3 heteroatoms. The van der Waals surface area contributed by atoms with Gasteiger partial charge in [0.2, 0.25) is 0 Å². The molecule has 1 aromatic heterocycles. The number of aromatic nitrogens is 1. The maximum atomic E-state index is 9.33. The van der Waals surface area contributed by atoms with Gasteiger partial charge in [-0.15, -0.1) is 0 Å². The molecular formula is C13H16N2O. The lowest BCUT2D eigenvalue weighted by atomic mass is 10.3. The summed E-state index contributed by atoms with van der Waals surface area (Å²) in [5.41, 5.74) is 2.18. The Morgan fingerprint density at radius 2 is 2.12 bits per heavy atom. The first-order valence-corrected chi connectivity index (χ1v) is 5.46. The van der Waals surface area contributed by atoms with E-state index >= 15 is 0 Å². The molecule has 0 atom stereocenters. The first kappa shape index (κ1) is 10.6. The third-order valence-corrected chi connectivity index (χ3v) is 2.58. The third kappa shape index (κ3) is 2.37. The number of rotatable bonds is 4. The molecule has 1 aromatic carbocycles. The normalized spacial score (nSPS) is 10.3. The van der Waals surface area contributed by atoms with E-state index in [9.17, 15) is 5.11 Å². The highest BCUT2D eigenvalue weighted by molar-refractivity contribution is 5.47. The van der Waals surface area contributed by atoms with Gasteiger partial charge in [0.25, 0.3) is 0 Å². The number of phenolic OH excluding ortho intramolecular Hbond substituents is 1. The highest BCUT2D eigenvalue weighted by Crippen LogP contribution is 2.16. The first-order valence-electron chi connectivity index (χ1n) is 5.46. The smallest absolute Gasteiger partial charge is 0.117 e. The fraction of sp³-hybridized carbons (Fsp3) is 0.231. The van der Waals surface area contributed by atoms with E-state index in [-0.39, 0.29) is 5.75 Å². The summed E-state index contributed by atoms with van der Waals surface area (Å²) in [5.74, 6) is 0.288. The van der Waals surface area contributed by atoms with Gasteiger partial charge in [-0.25, -0.2) is 0 Å². The average molecular weight is 216 g/mol. The lowest BCUT2D eigenvalue weighted by molar-refractivity contribution is 0.475. The molecule has 0 unspecified atom stereocenters. The van der Waals surface area contributed by atoms with Crippen molar-refractivity contribution < 1.29 is 5.11 Å². The average Bonchev–Trinajstić information content (AvgIpc) is 2.74. The van der Waals surface area contributed by atoms with Gasteiger partial charge in [0, 0.05) is 30.2 Å². The maximum Gasteiger partial charge on any atom is 0.117 e. The van der Waals surface area contributed by atoms with Gasteiger partial charge in [0.1, 0.15) is 5.75 Å². The van der Waals surface area contributed by atoms with E-state index in [0.717, 1.165) is 18.8 Å². The Balaban J connectivity index is 2.02. The van der Waals surface area contributed by atoms with Crippen molar-refractivity contribution in [2.45, 2.75) is 20.0 Å². The van der Waals surface area contributed by atoms with Crippen molar-refractivity contribution in [1.82, 2.24) is 4.57 Å². The molecule has 0 radical (unpaired) electrons. The Hall–Kier alpha value is -1.90. The number of hydrogen-bond acceptors (Lipinski definition) is 2. The minimum Gasteiger partial charge on any atom is -0.508 e. The number of phenols is 1. The molecule has 16 heavy (non-hydrogen) atoms. The van der Waals surface area contributed by atoms with Crippen molar-refractivity contribution in [2.24, 2.45) is 0 Å². The monoisotopic (exact) mass is 216 g/mol. The summed E-state index contributed by atoms with van der Waals surface area (Å²) in [6.45, 7) is 3.87. The fourth-order valence-corrected chi connectivity index (χ4v) is 1.73. The summed E-state index contributed by atoms with van der Waals surface area (Å²) in [4.78, 5) is 0. The van der Waals surface area contributed by atoms with Crippen molar-refractivity contribution in [1.29, 1.82) is 0 Å². The van der Waals surface area contributed by atoms with Crippen LogP contribution in [0.15, 0.2) is 42.6 Å². The molecule has 2 aromatic rings. The minimum atomic E-state index is 0.288. The zero-order valence-electron chi connectivity index (χ0n) is 9.35. The van der Waals surface area contributed by atoms with E-state index in [1.807, 2.05) is 18.2 Å². The van der Waals surface area contributed by atoms with E-state index in [2.05, 4.69) is 29.1 Å². The van der Waals surface area contributed by atoms with Crippen LogP contribution in [0.5, 0.6) is 5.75 Å². The molecule has 84 valence electrons. The summed E-state index contributed by atoms with van der Waals surface area (Å²) in [7, 11) is 0.